The SMILES string of the molecule is c1ccc(-[si]2cccc3ccccc32)cc1. The van der Waals surface area contributed by atoms with E-state index >= 15 is 0 Å². The maximum Gasteiger partial charge on any atom is 0.0808 e. The summed E-state index contributed by atoms with van der Waals surface area (Å²) in [6, 6.07) is 23.9. The normalized spacial score (nSPS) is 10.5. The predicted octanol–water partition coefficient (Wildman–Crippen LogP) is 3.85. The lowest BCUT2D eigenvalue weighted by molar-refractivity contribution is 1.74. The Kier molecular flexibility index (Phi) is 2.39. The molecular weight excluding hydrogens is 208 g/mol. The largest absolute Gasteiger partial charge is 0.0808 e. The molecule has 0 aliphatic carbocycles. The number of benzene rings is 2. The molecule has 3 rings (SSSR count). The molecular formula is C15H12Si. The Bertz CT molecular complexity index is 609. The highest BCUT2D eigenvalue weighted by Gasteiger charge is 2.02. The van der Waals surface area contributed by atoms with Crippen LogP contribution in [0.3, 0.4) is 0 Å². The molecule has 0 bridgehead atoms. The molecule has 2 aromatic carbocycles. The average Bonchev–Trinajstić information content (AvgIpc) is 2.39. The van der Waals surface area contributed by atoms with E-state index in [1.807, 2.05) is 0 Å². The molecule has 76 valence electrons. The van der Waals surface area contributed by atoms with Gasteiger partial charge in [-0.1, -0.05) is 72.4 Å². The molecule has 0 spiro atoms. The van der Waals surface area contributed by atoms with Crippen LogP contribution in [0.2, 0.25) is 0 Å². The monoisotopic (exact) mass is 220 g/mol. The molecule has 0 radical (unpaired) electrons. The van der Waals surface area contributed by atoms with Crippen molar-refractivity contribution in [1.29, 1.82) is 0 Å². The second-order valence-corrected chi connectivity index (χ2v) is 6.17. The van der Waals surface area contributed by atoms with Crippen molar-refractivity contribution in [3.05, 3.63) is 72.4 Å². The molecule has 1 aromatic heterocycles. The molecule has 0 aliphatic heterocycles. The number of rotatable bonds is 1. The van der Waals surface area contributed by atoms with Gasteiger partial charge in [0.2, 0.25) is 0 Å². The Balaban J connectivity index is 2.32. The first-order valence-corrected chi connectivity index (χ1v) is 7.06. The fourth-order valence-electron chi connectivity index (χ4n) is 2.09. The van der Waals surface area contributed by atoms with Gasteiger partial charge in [0.15, 0.2) is 0 Å². The van der Waals surface area contributed by atoms with Crippen LogP contribution in [0.4, 0.5) is 0 Å². The highest BCUT2D eigenvalue weighted by molar-refractivity contribution is 6.75. The Labute approximate surface area is 96.7 Å². The van der Waals surface area contributed by atoms with Gasteiger partial charge in [0.25, 0.3) is 0 Å². The van der Waals surface area contributed by atoms with E-state index in [0.29, 0.717) is 0 Å². The molecule has 0 fully saturated rings. The fourth-order valence-corrected chi connectivity index (χ4v) is 4.37. The van der Waals surface area contributed by atoms with Crippen LogP contribution < -0.4 is 0 Å². The van der Waals surface area contributed by atoms with Gasteiger partial charge in [-0.25, -0.2) is 0 Å². The number of fused-ring (bicyclic) bond motifs is 1. The number of hydrogen-bond acceptors (Lipinski definition) is 0. The van der Waals surface area contributed by atoms with Crippen molar-refractivity contribution < 1.29 is 0 Å². The molecule has 0 saturated carbocycles. The lowest BCUT2D eigenvalue weighted by Crippen LogP contribution is -1.97. The van der Waals surface area contributed by atoms with Gasteiger partial charge in [0, 0.05) is 0 Å². The van der Waals surface area contributed by atoms with E-state index in [1.54, 1.807) is 0 Å². The minimum Gasteiger partial charge on any atom is -0.0731 e. The van der Waals surface area contributed by atoms with E-state index in [0.717, 1.165) is 0 Å². The Hall–Kier alpha value is -1.73. The van der Waals surface area contributed by atoms with Crippen LogP contribution in [0, 0.1) is 0 Å². The molecule has 0 saturated heterocycles. The second-order valence-electron chi connectivity index (χ2n) is 3.89. The summed E-state index contributed by atoms with van der Waals surface area (Å²) in [5.41, 5.74) is 2.36. The first kappa shape index (κ1) is 9.49. The topological polar surface area (TPSA) is 0 Å². The van der Waals surface area contributed by atoms with Crippen molar-refractivity contribution in [3.63, 3.8) is 0 Å². The third-order valence-electron chi connectivity index (χ3n) is 2.87. The van der Waals surface area contributed by atoms with Gasteiger partial charge in [-0.2, -0.15) is 0 Å². The van der Waals surface area contributed by atoms with E-state index in [2.05, 4.69) is 72.4 Å². The Morgan fingerprint density at radius 2 is 1.31 bits per heavy atom. The van der Waals surface area contributed by atoms with E-state index < -0.39 is 8.40 Å². The highest BCUT2D eigenvalue weighted by Crippen LogP contribution is 2.17. The van der Waals surface area contributed by atoms with Crippen LogP contribution in [0.1, 0.15) is 0 Å². The summed E-state index contributed by atoms with van der Waals surface area (Å²) in [7, 11) is -0.694. The van der Waals surface area contributed by atoms with Gasteiger partial charge in [-0.15, -0.1) is 0 Å². The fraction of sp³-hybridized carbons (Fsp3) is 0. The second kappa shape index (κ2) is 4.03. The van der Waals surface area contributed by atoms with E-state index in [1.165, 1.54) is 15.6 Å². The van der Waals surface area contributed by atoms with Gasteiger partial charge >= 0.3 is 0 Å². The molecule has 16 heavy (non-hydrogen) atoms. The minimum atomic E-state index is -0.694. The van der Waals surface area contributed by atoms with Crippen molar-refractivity contribution >= 4 is 18.8 Å². The van der Waals surface area contributed by atoms with Crippen molar-refractivity contribution in [2.24, 2.45) is 0 Å². The molecule has 0 atom stereocenters. The van der Waals surface area contributed by atoms with Gasteiger partial charge in [-0.3, -0.25) is 0 Å². The summed E-state index contributed by atoms with van der Waals surface area (Å²) in [5.74, 6) is 0. The van der Waals surface area contributed by atoms with Crippen molar-refractivity contribution in [3.8, 4) is 5.19 Å². The molecule has 0 N–H and O–H groups in total. The molecule has 1 heteroatoms. The zero-order valence-electron chi connectivity index (χ0n) is 8.93. The third-order valence-corrected chi connectivity index (χ3v) is 5.39. The molecule has 0 amide bonds. The summed E-state index contributed by atoms with van der Waals surface area (Å²) in [6.45, 7) is 0. The standard InChI is InChI=1S/C15H12Si/c1-2-9-14(10-3-1)16-12-6-8-13-7-4-5-11-15(13)16/h1-12H. The van der Waals surface area contributed by atoms with Gasteiger partial charge < -0.3 is 0 Å². The summed E-state index contributed by atoms with van der Waals surface area (Å²) in [6.07, 6.45) is 0. The van der Waals surface area contributed by atoms with Crippen LogP contribution in [-0.4, -0.2) is 8.40 Å². The maximum absolute atomic E-state index is 2.36. The molecule has 0 unspecified atom stereocenters. The maximum atomic E-state index is 2.36. The van der Waals surface area contributed by atoms with Crippen molar-refractivity contribution in [2.75, 3.05) is 0 Å². The van der Waals surface area contributed by atoms with Crippen molar-refractivity contribution in [1.82, 2.24) is 0 Å². The molecule has 0 nitrogen and oxygen atoms in total. The van der Waals surface area contributed by atoms with Gasteiger partial charge in [-0.05, 0) is 15.6 Å². The van der Waals surface area contributed by atoms with Crippen LogP contribution in [-0.2, 0) is 0 Å². The van der Waals surface area contributed by atoms with Gasteiger partial charge in [0.1, 0.15) is 0 Å². The van der Waals surface area contributed by atoms with Crippen LogP contribution in [0.5, 0.6) is 0 Å². The van der Waals surface area contributed by atoms with E-state index in [9.17, 15) is 0 Å². The third kappa shape index (κ3) is 1.59. The zero-order valence-corrected chi connectivity index (χ0v) is 9.93. The highest BCUT2D eigenvalue weighted by atomic mass is 28.2. The molecule has 1 heterocycles. The first-order chi connectivity index (χ1) is 7.95. The van der Waals surface area contributed by atoms with Gasteiger partial charge in [0.05, 0.1) is 8.40 Å². The summed E-state index contributed by atoms with van der Waals surface area (Å²) >= 11 is 0. The minimum absolute atomic E-state index is 0.694. The van der Waals surface area contributed by atoms with Crippen LogP contribution >= 0.6 is 0 Å². The zero-order chi connectivity index (χ0) is 10.8. The molecule has 0 aliphatic rings. The molecule has 3 aromatic rings. The Morgan fingerprint density at radius 3 is 2.19 bits per heavy atom. The van der Waals surface area contributed by atoms with Crippen LogP contribution in [0.25, 0.3) is 15.6 Å². The first-order valence-electron chi connectivity index (χ1n) is 5.48. The predicted molar refractivity (Wildman–Crippen MR) is 71.2 cm³/mol. The Morgan fingerprint density at radius 1 is 0.625 bits per heavy atom. The summed E-state index contributed by atoms with van der Waals surface area (Å²) < 4.78 is 0. The lowest BCUT2D eigenvalue weighted by Gasteiger charge is -2.05. The van der Waals surface area contributed by atoms with E-state index in [4.69, 9.17) is 0 Å². The lowest BCUT2D eigenvalue weighted by atomic mass is 10.2. The quantitative estimate of drug-likeness (QED) is 0.546. The summed E-state index contributed by atoms with van der Waals surface area (Å²) in [5, 5.41) is 2.84. The summed E-state index contributed by atoms with van der Waals surface area (Å²) in [4.78, 5) is 1.50. The van der Waals surface area contributed by atoms with Crippen LogP contribution in [0.15, 0.2) is 72.4 Å². The smallest absolute Gasteiger partial charge is 0.0731 e. The van der Waals surface area contributed by atoms with Crippen molar-refractivity contribution in [2.45, 2.75) is 0 Å². The average molecular weight is 220 g/mol. The van der Waals surface area contributed by atoms with E-state index in [-0.39, 0.29) is 0 Å². The number of hydrogen-bond donors (Lipinski definition) is 0.